The Morgan fingerprint density at radius 2 is 1.71 bits per heavy atom. The Hall–Kier alpha value is -2.03. The lowest BCUT2D eigenvalue weighted by Crippen LogP contribution is -2.12. The molecule has 0 radical (unpaired) electrons. The van der Waals surface area contributed by atoms with Gasteiger partial charge in [0.25, 0.3) is 0 Å². The molecule has 1 atom stereocenters. The summed E-state index contributed by atoms with van der Waals surface area (Å²) in [7, 11) is 1.62. The van der Waals surface area contributed by atoms with E-state index >= 15 is 0 Å². The zero-order valence-corrected chi connectivity index (χ0v) is 12.5. The number of fused-ring (bicyclic) bond motifs is 1. The van der Waals surface area contributed by atoms with Crippen LogP contribution in [0.1, 0.15) is 17.2 Å². The van der Waals surface area contributed by atoms with Gasteiger partial charge in [0, 0.05) is 5.02 Å². The fourth-order valence-electron chi connectivity index (χ4n) is 2.58. The van der Waals surface area contributed by atoms with Gasteiger partial charge in [-0.2, -0.15) is 0 Å². The van der Waals surface area contributed by atoms with Gasteiger partial charge in [-0.05, 0) is 34.0 Å². The van der Waals surface area contributed by atoms with Crippen LogP contribution in [0.2, 0.25) is 5.02 Å². The molecule has 0 bridgehead atoms. The van der Waals surface area contributed by atoms with Gasteiger partial charge in [-0.25, -0.2) is 0 Å². The topological polar surface area (TPSA) is 35.2 Å². The van der Waals surface area contributed by atoms with Crippen LogP contribution in [0.4, 0.5) is 0 Å². The largest absolute Gasteiger partial charge is 0.497 e. The molecule has 0 fully saturated rings. The fourth-order valence-corrected chi connectivity index (χ4v) is 2.86. The van der Waals surface area contributed by atoms with Crippen LogP contribution in [0.3, 0.4) is 0 Å². The van der Waals surface area contributed by atoms with E-state index < -0.39 is 0 Å². The van der Waals surface area contributed by atoms with Gasteiger partial charge < -0.3 is 10.5 Å². The van der Waals surface area contributed by atoms with Gasteiger partial charge in [-0.15, -0.1) is 0 Å². The maximum atomic E-state index is 6.45. The maximum absolute atomic E-state index is 6.45. The van der Waals surface area contributed by atoms with Crippen molar-refractivity contribution in [3.63, 3.8) is 0 Å². The molecule has 0 aliphatic rings. The second kappa shape index (κ2) is 5.76. The maximum Gasteiger partial charge on any atom is 0.120 e. The van der Waals surface area contributed by atoms with Crippen LogP contribution in [-0.4, -0.2) is 7.11 Å². The molecule has 3 rings (SSSR count). The Bertz CT molecular complexity index is 780. The molecule has 0 aromatic heterocycles. The van der Waals surface area contributed by atoms with E-state index in [2.05, 4.69) is 18.2 Å². The quantitative estimate of drug-likeness (QED) is 0.770. The smallest absolute Gasteiger partial charge is 0.120 e. The van der Waals surface area contributed by atoms with E-state index in [1.807, 2.05) is 36.4 Å². The average Bonchev–Trinajstić information content (AvgIpc) is 2.53. The first-order chi connectivity index (χ1) is 10.2. The number of methoxy groups -OCH3 is 1. The van der Waals surface area contributed by atoms with Crippen LogP contribution in [0.5, 0.6) is 5.75 Å². The van der Waals surface area contributed by atoms with Crippen molar-refractivity contribution >= 4 is 22.4 Å². The fraction of sp³-hybridized carbons (Fsp3) is 0.111. The summed E-state index contributed by atoms with van der Waals surface area (Å²) < 4.78 is 5.18. The Morgan fingerprint density at radius 3 is 2.48 bits per heavy atom. The standard InChI is InChI=1S/C18H16ClNO/c1-21-13-9-10-16(17(19)11-13)18(20)15-8-4-6-12-5-2-3-7-14(12)15/h2-11,18H,20H2,1H3. The second-order valence-electron chi connectivity index (χ2n) is 4.93. The number of ether oxygens (including phenoxy) is 1. The summed E-state index contributed by atoms with van der Waals surface area (Å²) in [5.41, 5.74) is 8.42. The average molecular weight is 298 g/mol. The van der Waals surface area contributed by atoms with Crippen molar-refractivity contribution in [2.45, 2.75) is 6.04 Å². The molecule has 0 aliphatic heterocycles. The Kier molecular flexibility index (Phi) is 3.82. The minimum absolute atomic E-state index is 0.269. The highest BCUT2D eigenvalue weighted by molar-refractivity contribution is 6.31. The molecule has 1 unspecified atom stereocenters. The van der Waals surface area contributed by atoms with E-state index in [1.54, 1.807) is 13.2 Å². The molecule has 2 N–H and O–H groups in total. The number of hydrogen-bond donors (Lipinski definition) is 1. The molecule has 0 aliphatic carbocycles. The van der Waals surface area contributed by atoms with Gasteiger partial charge in [0.05, 0.1) is 13.2 Å². The van der Waals surface area contributed by atoms with Gasteiger partial charge in [0.2, 0.25) is 0 Å². The van der Waals surface area contributed by atoms with Gasteiger partial charge in [0.1, 0.15) is 5.75 Å². The molecular formula is C18H16ClNO. The molecule has 3 aromatic rings. The second-order valence-corrected chi connectivity index (χ2v) is 5.34. The van der Waals surface area contributed by atoms with Gasteiger partial charge in [-0.3, -0.25) is 0 Å². The monoisotopic (exact) mass is 297 g/mol. The Morgan fingerprint density at radius 1 is 0.952 bits per heavy atom. The molecule has 0 saturated heterocycles. The predicted molar refractivity (Wildman–Crippen MR) is 88.0 cm³/mol. The molecule has 0 saturated carbocycles. The molecule has 3 heteroatoms. The normalized spacial score (nSPS) is 12.3. The molecule has 2 nitrogen and oxygen atoms in total. The number of rotatable bonds is 3. The minimum atomic E-state index is -0.269. The van der Waals surface area contributed by atoms with Gasteiger partial charge in [-0.1, -0.05) is 60.1 Å². The van der Waals surface area contributed by atoms with Crippen molar-refractivity contribution in [3.8, 4) is 5.75 Å². The van der Waals surface area contributed by atoms with Crippen LogP contribution in [-0.2, 0) is 0 Å². The number of benzene rings is 3. The number of halogens is 1. The van der Waals surface area contributed by atoms with Gasteiger partial charge in [0.15, 0.2) is 0 Å². The van der Waals surface area contributed by atoms with Crippen molar-refractivity contribution < 1.29 is 4.74 Å². The zero-order chi connectivity index (χ0) is 14.8. The Labute approximate surface area is 129 Å². The minimum Gasteiger partial charge on any atom is -0.497 e. The number of nitrogens with two attached hydrogens (primary N) is 1. The van der Waals surface area contributed by atoms with Crippen LogP contribution in [0.15, 0.2) is 60.7 Å². The number of hydrogen-bond acceptors (Lipinski definition) is 2. The van der Waals surface area contributed by atoms with Crippen molar-refractivity contribution in [2.24, 2.45) is 5.73 Å². The van der Waals surface area contributed by atoms with E-state index in [4.69, 9.17) is 22.1 Å². The SMILES string of the molecule is COc1ccc(C(N)c2cccc3ccccc23)c(Cl)c1. The first-order valence-electron chi connectivity index (χ1n) is 6.77. The van der Waals surface area contributed by atoms with E-state index in [0.717, 1.165) is 22.3 Å². The summed E-state index contributed by atoms with van der Waals surface area (Å²) >= 11 is 6.34. The highest BCUT2D eigenvalue weighted by Gasteiger charge is 2.15. The van der Waals surface area contributed by atoms with Crippen molar-refractivity contribution in [1.82, 2.24) is 0 Å². The van der Waals surface area contributed by atoms with Crippen LogP contribution >= 0.6 is 11.6 Å². The molecular weight excluding hydrogens is 282 g/mol. The summed E-state index contributed by atoms with van der Waals surface area (Å²) in [6.45, 7) is 0. The third-order valence-corrected chi connectivity index (χ3v) is 4.03. The third kappa shape index (κ3) is 2.60. The highest BCUT2D eigenvalue weighted by Crippen LogP contribution is 2.32. The lowest BCUT2D eigenvalue weighted by Gasteiger charge is -2.17. The predicted octanol–water partition coefficient (Wildman–Crippen LogP) is 4.55. The van der Waals surface area contributed by atoms with Crippen molar-refractivity contribution in [1.29, 1.82) is 0 Å². The summed E-state index contributed by atoms with van der Waals surface area (Å²) in [6.07, 6.45) is 0. The summed E-state index contributed by atoms with van der Waals surface area (Å²) in [4.78, 5) is 0. The Balaban J connectivity index is 2.10. The summed E-state index contributed by atoms with van der Waals surface area (Å²) in [5.74, 6) is 0.730. The molecule has 0 heterocycles. The van der Waals surface area contributed by atoms with E-state index in [1.165, 1.54) is 5.39 Å². The lowest BCUT2D eigenvalue weighted by atomic mass is 9.94. The van der Waals surface area contributed by atoms with E-state index in [9.17, 15) is 0 Å². The lowest BCUT2D eigenvalue weighted by molar-refractivity contribution is 0.414. The molecule has 0 amide bonds. The van der Waals surface area contributed by atoms with E-state index in [0.29, 0.717) is 5.02 Å². The molecule has 106 valence electrons. The third-order valence-electron chi connectivity index (χ3n) is 3.70. The first-order valence-corrected chi connectivity index (χ1v) is 7.15. The molecule has 3 aromatic carbocycles. The summed E-state index contributed by atoms with van der Waals surface area (Å²) in [6, 6.07) is 19.7. The van der Waals surface area contributed by atoms with Crippen LogP contribution in [0.25, 0.3) is 10.8 Å². The van der Waals surface area contributed by atoms with E-state index in [-0.39, 0.29) is 6.04 Å². The van der Waals surface area contributed by atoms with Crippen molar-refractivity contribution in [2.75, 3.05) is 7.11 Å². The van der Waals surface area contributed by atoms with Gasteiger partial charge >= 0.3 is 0 Å². The molecule has 0 spiro atoms. The van der Waals surface area contributed by atoms with Crippen LogP contribution < -0.4 is 10.5 Å². The van der Waals surface area contributed by atoms with Crippen LogP contribution in [0, 0.1) is 0 Å². The highest BCUT2D eigenvalue weighted by atomic mass is 35.5. The zero-order valence-electron chi connectivity index (χ0n) is 11.7. The first kappa shape index (κ1) is 13.9. The summed E-state index contributed by atoms with van der Waals surface area (Å²) in [5, 5.41) is 2.95. The molecule has 21 heavy (non-hydrogen) atoms. The van der Waals surface area contributed by atoms with Crippen molar-refractivity contribution in [3.05, 3.63) is 76.8 Å².